The van der Waals surface area contributed by atoms with E-state index in [1.54, 1.807) is 12.1 Å². The number of ether oxygens (including phenoxy) is 1. The molecule has 2 aliphatic rings. The smallest absolute Gasteiger partial charge is 0.410 e. The number of rotatable bonds is 6. The molecule has 2 fully saturated rings. The van der Waals surface area contributed by atoms with Crippen molar-refractivity contribution in [3.63, 3.8) is 0 Å². The summed E-state index contributed by atoms with van der Waals surface area (Å²) in [6.07, 6.45) is 3.21. The lowest BCUT2D eigenvalue weighted by Gasteiger charge is -2.28. The van der Waals surface area contributed by atoms with Gasteiger partial charge in [-0.15, -0.1) is 0 Å². The number of aryl methyl sites for hydroxylation is 1. The molecule has 158 valence electrons. The van der Waals surface area contributed by atoms with Gasteiger partial charge in [0.1, 0.15) is 19.0 Å². The lowest BCUT2D eigenvalue weighted by molar-refractivity contribution is -0.116. The maximum atomic E-state index is 12.1. The number of benzene rings is 1. The summed E-state index contributed by atoms with van der Waals surface area (Å²) in [5.74, 6) is 1.25. The minimum atomic E-state index is -0.452. The summed E-state index contributed by atoms with van der Waals surface area (Å²) in [5.41, 5.74) is 2.39. The average molecular weight is 410 g/mol. The Labute approximate surface area is 175 Å². The highest BCUT2D eigenvalue weighted by Crippen LogP contribution is 2.22. The highest BCUT2D eigenvalue weighted by molar-refractivity contribution is 5.94. The number of anilines is 4. The van der Waals surface area contributed by atoms with Crippen LogP contribution in [0.1, 0.15) is 25.0 Å². The minimum Gasteiger partial charge on any atom is -0.448 e. The van der Waals surface area contributed by atoms with E-state index in [0.717, 1.165) is 30.3 Å². The Bertz CT molecular complexity index is 911. The van der Waals surface area contributed by atoms with Crippen LogP contribution in [0, 0.1) is 6.92 Å². The van der Waals surface area contributed by atoms with Gasteiger partial charge >= 0.3 is 6.09 Å². The molecule has 0 spiro atoms. The Morgan fingerprint density at radius 3 is 2.50 bits per heavy atom. The zero-order chi connectivity index (χ0) is 20.9. The highest BCUT2D eigenvalue weighted by Gasteiger charge is 2.24. The van der Waals surface area contributed by atoms with Gasteiger partial charge in [-0.05, 0) is 50.5 Å². The summed E-state index contributed by atoms with van der Waals surface area (Å²) in [7, 11) is 0. The van der Waals surface area contributed by atoms with Crippen molar-refractivity contribution >= 4 is 35.1 Å². The molecule has 0 unspecified atom stereocenters. The van der Waals surface area contributed by atoms with Gasteiger partial charge in [0, 0.05) is 36.2 Å². The molecule has 2 N–H and O–H groups in total. The topological polar surface area (TPSA) is 99.7 Å². The summed E-state index contributed by atoms with van der Waals surface area (Å²) in [4.78, 5) is 36.4. The number of piperidine rings is 1. The first kappa shape index (κ1) is 19.9. The molecule has 3 heterocycles. The number of amides is 2. The van der Waals surface area contributed by atoms with Gasteiger partial charge in [-0.3, -0.25) is 9.69 Å². The SMILES string of the molecule is Cc1cc(N2CCCCC2)nc(Nc2ccc(NC(=O)CN3CCOC3=O)cc2)n1. The number of nitrogens with zero attached hydrogens (tertiary/aromatic N) is 4. The van der Waals surface area contributed by atoms with Gasteiger partial charge in [0.25, 0.3) is 0 Å². The Kier molecular flexibility index (Phi) is 5.97. The highest BCUT2D eigenvalue weighted by atomic mass is 16.6. The minimum absolute atomic E-state index is 0.0186. The lowest BCUT2D eigenvalue weighted by Crippen LogP contribution is -2.33. The standard InChI is InChI=1S/C21H26N6O3/c1-15-13-18(26-9-3-2-4-10-26)25-20(22-15)24-17-7-5-16(6-8-17)23-19(28)14-27-11-12-30-21(27)29/h5-8,13H,2-4,9-12,14H2,1H3,(H,23,28)(H,22,24,25). The Balaban J connectivity index is 1.37. The van der Waals surface area contributed by atoms with Gasteiger partial charge in [-0.2, -0.15) is 4.98 Å². The number of hydrogen-bond donors (Lipinski definition) is 2. The fourth-order valence-electron chi connectivity index (χ4n) is 3.60. The summed E-state index contributed by atoms with van der Waals surface area (Å²) < 4.78 is 4.83. The van der Waals surface area contributed by atoms with Crippen LogP contribution in [0.25, 0.3) is 0 Å². The van der Waals surface area contributed by atoms with Gasteiger partial charge in [0.2, 0.25) is 11.9 Å². The fourth-order valence-corrected chi connectivity index (χ4v) is 3.60. The van der Waals surface area contributed by atoms with Gasteiger partial charge in [0.05, 0.1) is 6.54 Å². The molecule has 1 aromatic carbocycles. The third-order valence-corrected chi connectivity index (χ3v) is 5.12. The molecular weight excluding hydrogens is 384 g/mol. The first-order chi connectivity index (χ1) is 14.6. The van der Waals surface area contributed by atoms with E-state index in [2.05, 4.69) is 25.5 Å². The number of hydrogen-bond acceptors (Lipinski definition) is 7. The van der Waals surface area contributed by atoms with E-state index in [1.165, 1.54) is 24.2 Å². The molecule has 0 atom stereocenters. The van der Waals surface area contributed by atoms with Gasteiger partial charge < -0.3 is 20.3 Å². The number of nitrogens with one attached hydrogen (secondary N) is 2. The van der Waals surface area contributed by atoms with Gasteiger partial charge in [-0.1, -0.05) is 0 Å². The predicted octanol–water partition coefficient (Wildman–Crippen LogP) is 2.91. The molecule has 0 bridgehead atoms. The molecule has 2 aromatic rings. The van der Waals surface area contributed by atoms with Crippen molar-refractivity contribution in [2.45, 2.75) is 26.2 Å². The molecule has 9 nitrogen and oxygen atoms in total. The van der Waals surface area contributed by atoms with Crippen LogP contribution in [0.2, 0.25) is 0 Å². The molecule has 30 heavy (non-hydrogen) atoms. The maximum Gasteiger partial charge on any atom is 0.410 e. The van der Waals surface area contributed by atoms with Crippen LogP contribution in [0.5, 0.6) is 0 Å². The molecule has 1 aromatic heterocycles. The van der Waals surface area contributed by atoms with E-state index in [9.17, 15) is 9.59 Å². The van der Waals surface area contributed by atoms with Crippen molar-refractivity contribution in [3.05, 3.63) is 36.0 Å². The number of cyclic esters (lactones) is 1. The molecule has 2 amide bonds. The molecule has 9 heteroatoms. The van der Waals surface area contributed by atoms with E-state index in [1.807, 2.05) is 25.1 Å². The Hall–Kier alpha value is -3.36. The molecule has 0 radical (unpaired) electrons. The lowest BCUT2D eigenvalue weighted by atomic mass is 10.1. The van der Waals surface area contributed by atoms with Crippen molar-refractivity contribution in [1.82, 2.24) is 14.9 Å². The largest absolute Gasteiger partial charge is 0.448 e. The predicted molar refractivity (Wildman–Crippen MR) is 114 cm³/mol. The second kappa shape index (κ2) is 8.98. The van der Waals surface area contributed by atoms with Crippen LogP contribution in [0.4, 0.5) is 27.9 Å². The molecule has 2 saturated heterocycles. The Morgan fingerprint density at radius 1 is 1.07 bits per heavy atom. The van der Waals surface area contributed by atoms with Crippen LogP contribution in [-0.2, 0) is 9.53 Å². The van der Waals surface area contributed by atoms with E-state index < -0.39 is 6.09 Å². The zero-order valence-corrected chi connectivity index (χ0v) is 17.1. The third-order valence-electron chi connectivity index (χ3n) is 5.12. The second-order valence-corrected chi connectivity index (χ2v) is 7.53. The molecule has 4 rings (SSSR count). The first-order valence-corrected chi connectivity index (χ1v) is 10.3. The number of carbonyl (C=O) groups is 2. The maximum absolute atomic E-state index is 12.1. The van der Waals surface area contributed by atoms with E-state index in [-0.39, 0.29) is 12.5 Å². The second-order valence-electron chi connectivity index (χ2n) is 7.53. The quantitative estimate of drug-likeness (QED) is 0.755. The average Bonchev–Trinajstić information content (AvgIpc) is 3.14. The summed E-state index contributed by atoms with van der Waals surface area (Å²) in [6.45, 7) is 4.77. The van der Waals surface area contributed by atoms with Crippen molar-refractivity contribution < 1.29 is 14.3 Å². The van der Waals surface area contributed by atoms with E-state index >= 15 is 0 Å². The number of carbonyl (C=O) groups excluding carboxylic acids is 2. The molecule has 0 aliphatic carbocycles. The third kappa shape index (κ3) is 4.97. The van der Waals surface area contributed by atoms with Gasteiger partial charge in [0.15, 0.2) is 0 Å². The molecule has 2 aliphatic heterocycles. The van der Waals surface area contributed by atoms with Crippen LogP contribution < -0.4 is 15.5 Å². The van der Waals surface area contributed by atoms with E-state index in [0.29, 0.717) is 24.8 Å². The zero-order valence-electron chi connectivity index (χ0n) is 17.1. The summed E-state index contributed by atoms with van der Waals surface area (Å²) >= 11 is 0. The van der Waals surface area contributed by atoms with Crippen LogP contribution in [0.3, 0.4) is 0 Å². The van der Waals surface area contributed by atoms with Crippen LogP contribution in [0.15, 0.2) is 30.3 Å². The summed E-state index contributed by atoms with van der Waals surface area (Å²) in [5, 5.41) is 6.03. The van der Waals surface area contributed by atoms with Crippen molar-refractivity contribution in [3.8, 4) is 0 Å². The van der Waals surface area contributed by atoms with Crippen LogP contribution in [-0.4, -0.2) is 59.7 Å². The monoisotopic (exact) mass is 410 g/mol. The normalized spacial score (nSPS) is 16.4. The van der Waals surface area contributed by atoms with Crippen molar-refractivity contribution in [2.75, 3.05) is 48.3 Å². The van der Waals surface area contributed by atoms with E-state index in [4.69, 9.17) is 4.74 Å². The van der Waals surface area contributed by atoms with Gasteiger partial charge in [-0.25, -0.2) is 9.78 Å². The molecule has 0 saturated carbocycles. The first-order valence-electron chi connectivity index (χ1n) is 10.3. The fraction of sp³-hybridized carbons (Fsp3) is 0.429. The number of aromatic nitrogens is 2. The van der Waals surface area contributed by atoms with Crippen molar-refractivity contribution in [1.29, 1.82) is 0 Å². The molecular formula is C21H26N6O3. The Morgan fingerprint density at radius 2 is 1.80 bits per heavy atom. The van der Waals surface area contributed by atoms with Crippen molar-refractivity contribution in [2.24, 2.45) is 0 Å². The summed E-state index contributed by atoms with van der Waals surface area (Å²) in [6, 6.07) is 9.32. The van der Waals surface area contributed by atoms with Crippen LogP contribution >= 0.6 is 0 Å².